The topological polar surface area (TPSA) is 44.8 Å². The van der Waals surface area contributed by atoms with Gasteiger partial charge in [-0.05, 0) is 20.8 Å². The van der Waals surface area contributed by atoms with Crippen LogP contribution in [0.5, 0.6) is 0 Å². The molecule has 0 bridgehead atoms. The molecule has 0 aromatic heterocycles. The Morgan fingerprint density at radius 2 is 2.00 bits per heavy atom. The molecule has 1 atom stereocenters. The van der Waals surface area contributed by atoms with Crippen molar-refractivity contribution in [1.82, 2.24) is 0 Å². The molecule has 4 nitrogen and oxygen atoms in total. The number of carbonyl (C=O) groups excluding carboxylic acids is 1. The van der Waals surface area contributed by atoms with Gasteiger partial charge in [-0.3, -0.25) is 4.79 Å². The van der Waals surface area contributed by atoms with Crippen molar-refractivity contribution in [1.29, 1.82) is 0 Å². The van der Waals surface area contributed by atoms with E-state index in [-0.39, 0.29) is 12.1 Å². The smallest absolute Gasteiger partial charge is 0.312 e. The van der Waals surface area contributed by atoms with Crippen molar-refractivity contribution in [2.75, 3.05) is 38.9 Å². The molecule has 0 heterocycles. The molecule has 0 radical (unpaired) electrons. The highest BCUT2D eigenvalue weighted by atomic mass is 32.2. The molecule has 0 amide bonds. The number of thioether (sulfide) groups is 1. The monoisotopic (exact) mass is 264 g/mol. The minimum Gasteiger partial charge on any atom is -0.466 e. The van der Waals surface area contributed by atoms with E-state index in [9.17, 15) is 4.79 Å². The predicted octanol–water partition coefficient (Wildman–Crippen LogP) is 1.97. The highest BCUT2D eigenvalue weighted by molar-refractivity contribution is 7.99. The van der Waals surface area contributed by atoms with Gasteiger partial charge in [-0.1, -0.05) is 0 Å². The summed E-state index contributed by atoms with van der Waals surface area (Å²) in [5, 5.41) is 0. The summed E-state index contributed by atoms with van der Waals surface area (Å²) in [6.07, 6.45) is 0.0722. The van der Waals surface area contributed by atoms with Crippen LogP contribution < -0.4 is 0 Å². The first-order valence-corrected chi connectivity index (χ1v) is 6.90. The number of methoxy groups -OCH3 is 2. The van der Waals surface area contributed by atoms with Gasteiger partial charge in [-0.25, -0.2) is 0 Å². The largest absolute Gasteiger partial charge is 0.466 e. The Kier molecular flexibility index (Phi) is 8.64. The van der Waals surface area contributed by atoms with Crippen molar-refractivity contribution in [3.63, 3.8) is 0 Å². The van der Waals surface area contributed by atoms with E-state index >= 15 is 0 Å². The minimum atomic E-state index is -0.452. The minimum absolute atomic E-state index is 0.0722. The molecule has 0 aromatic carbocycles. The van der Waals surface area contributed by atoms with E-state index in [0.717, 1.165) is 11.5 Å². The first kappa shape index (κ1) is 16.7. The van der Waals surface area contributed by atoms with Gasteiger partial charge in [0.1, 0.15) is 0 Å². The molecular formula is C12H24O4S. The van der Waals surface area contributed by atoms with Crippen LogP contribution in [0.15, 0.2) is 0 Å². The number of ether oxygens (including phenoxy) is 3. The summed E-state index contributed by atoms with van der Waals surface area (Å²) in [4.78, 5) is 11.6. The Morgan fingerprint density at radius 3 is 2.47 bits per heavy atom. The number of hydrogen-bond donors (Lipinski definition) is 0. The zero-order chi connectivity index (χ0) is 13.3. The highest BCUT2D eigenvalue weighted by Crippen LogP contribution is 2.24. The second-order valence-corrected chi connectivity index (χ2v) is 5.46. The van der Waals surface area contributed by atoms with Gasteiger partial charge in [0, 0.05) is 25.7 Å². The maximum absolute atomic E-state index is 11.6. The third-order valence-corrected chi connectivity index (χ3v) is 3.81. The standard InChI is InChI=1S/C12H24O4S/c1-6-16-11(13)12(2,3)9-17-8-10(15-5)7-14-4/h10H,6-9H2,1-5H3. The second kappa shape index (κ2) is 8.78. The molecule has 0 aliphatic carbocycles. The van der Waals surface area contributed by atoms with Gasteiger partial charge in [0.25, 0.3) is 0 Å². The predicted molar refractivity (Wildman–Crippen MR) is 70.4 cm³/mol. The molecule has 0 N–H and O–H groups in total. The van der Waals surface area contributed by atoms with Crippen LogP contribution in [0.4, 0.5) is 0 Å². The Labute approximate surface area is 108 Å². The lowest BCUT2D eigenvalue weighted by molar-refractivity contribution is -0.152. The van der Waals surface area contributed by atoms with Crippen LogP contribution in [0.2, 0.25) is 0 Å². The fourth-order valence-electron chi connectivity index (χ4n) is 1.20. The lowest BCUT2D eigenvalue weighted by atomic mass is 9.97. The van der Waals surface area contributed by atoms with Crippen molar-refractivity contribution in [2.45, 2.75) is 26.9 Å². The van der Waals surface area contributed by atoms with Crippen LogP contribution in [0.3, 0.4) is 0 Å². The average Bonchev–Trinajstić information content (AvgIpc) is 2.28. The number of esters is 1. The molecule has 102 valence electrons. The summed E-state index contributed by atoms with van der Waals surface area (Å²) in [7, 11) is 3.32. The molecule has 1 unspecified atom stereocenters. The van der Waals surface area contributed by atoms with E-state index in [1.807, 2.05) is 20.8 Å². The third-order valence-electron chi connectivity index (χ3n) is 2.28. The number of hydrogen-bond acceptors (Lipinski definition) is 5. The van der Waals surface area contributed by atoms with Gasteiger partial charge >= 0.3 is 5.97 Å². The van der Waals surface area contributed by atoms with Crippen LogP contribution in [0, 0.1) is 5.41 Å². The van der Waals surface area contributed by atoms with Crippen molar-refractivity contribution < 1.29 is 19.0 Å². The quantitative estimate of drug-likeness (QED) is 0.596. The lowest BCUT2D eigenvalue weighted by Crippen LogP contribution is -2.30. The molecular weight excluding hydrogens is 240 g/mol. The Bertz CT molecular complexity index is 219. The van der Waals surface area contributed by atoms with Crippen molar-refractivity contribution in [3.8, 4) is 0 Å². The SMILES string of the molecule is CCOC(=O)C(C)(C)CSCC(COC)OC. The lowest BCUT2D eigenvalue weighted by Gasteiger charge is -2.22. The fourth-order valence-corrected chi connectivity index (χ4v) is 2.44. The van der Waals surface area contributed by atoms with Gasteiger partial charge in [-0.15, -0.1) is 0 Å². The van der Waals surface area contributed by atoms with Crippen LogP contribution in [0.25, 0.3) is 0 Å². The van der Waals surface area contributed by atoms with Gasteiger partial charge in [0.05, 0.1) is 24.7 Å². The van der Waals surface area contributed by atoms with Gasteiger partial charge in [-0.2, -0.15) is 11.8 Å². The van der Waals surface area contributed by atoms with E-state index in [1.165, 1.54) is 0 Å². The van der Waals surface area contributed by atoms with Gasteiger partial charge in [0.2, 0.25) is 0 Å². The summed E-state index contributed by atoms with van der Waals surface area (Å²) < 4.78 is 15.3. The molecule has 0 saturated carbocycles. The highest BCUT2D eigenvalue weighted by Gasteiger charge is 2.29. The molecule has 0 spiro atoms. The summed E-state index contributed by atoms with van der Waals surface area (Å²) in [5.74, 6) is 1.39. The maximum Gasteiger partial charge on any atom is 0.312 e. The van der Waals surface area contributed by atoms with Gasteiger partial charge < -0.3 is 14.2 Å². The fraction of sp³-hybridized carbons (Fsp3) is 0.917. The number of carbonyl (C=O) groups is 1. The summed E-state index contributed by atoms with van der Waals surface area (Å²) in [6, 6.07) is 0. The van der Waals surface area contributed by atoms with Crippen molar-refractivity contribution in [2.24, 2.45) is 5.41 Å². The normalized spacial score (nSPS) is 13.5. The van der Waals surface area contributed by atoms with Gasteiger partial charge in [0.15, 0.2) is 0 Å². The van der Waals surface area contributed by atoms with Crippen LogP contribution in [-0.4, -0.2) is 51.0 Å². The summed E-state index contributed by atoms with van der Waals surface area (Å²) >= 11 is 1.68. The molecule has 0 rings (SSSR count). The van der Waals surface area contributed by atoms with Crippen LogP contribution >= 0.6 is 11.8 Å². The Balaban J connectivity index is 3.96. The van der Waals surface area contributed by atoms with Crippen molar-refractivity contribution >= 4 is 17.7 Å². The van der Waals surface area contributed by atoms with Crippen LogP contribution in [0.1, 0.15) is 20.8 Å². The molecule has 5 heteroatoms. The molecule has 0 aromatic rings. The molecule has 0 fully saturated rings. The maximum atomic E-state index is 11.6. The first-order chi connectivity index (χ1) is 7.97. The van der Waals surface area contributed by atoms with E-state index in [1.54, 1.807) is 26.0 Å². The summed E-state index contributed by atoms with van der Waals surface area (Å²) in [6.45, 7) is 6.62. The molecule has 0 saturated heterocycles. The zero-order valence-electron chi connectivity index (χ0n) is 11.4. The molecule has 17 heavy (non-hydrogen) atoms. The Morgan fingerprint density at radius 1 is 1.35 bits per heavy atom. The van der Waals surface area contributed by atoms with E-state index < -0.39 is 5.41 Å². The van der Waals surface area contributed by atoms with E-state index in [4.69, 9.17) is 14.2 Å². The Hall–Kier alpha value is -0.260. The van der Waals surface area contributed by atoms with Crippen LogP contribution in [-0.2, 0) is 19.0 Å². The zero-order valence-corrected chi connectivity index (χ0v) is 12.3. The number of rotatable bonds is 9. The third kappa shape index (κ3) is 6.91. The molecule has 0 aliphatic rings. The van der Waals surface area contributed by atoms with E-state index in [2.05, 4.69) is 0 Å². The second-order valence-electron chi connectivity index (χ2n) is 4.43. The van der Waals surface area contributed by atoms with E-state index in [0.29, 0.717) is 13.2 Å². The first-order valence-electron chi connectivity index (χ1n) is 5.74. The summed E-state index contributed by atoms with van der Waals surface area (Å²) in [5.41, 5.74) is -0.452. The average molecular weight is 264 g/mol. The van der Waals surface area contributed by atoms with Crippen molar-refractivity contribution in [3.05, 3.63) is 0 Å². The molecule has 0 aliphatic heterocycles.